The summed E-state index contributed by atoms with van der Waals surface area (Å²) < 4.78 is 5.55. The molecule has 0 saturated heterocycles. The zero-order valence-corrected chi connectivity index (χ0v) is 11.2. The molecule has 0 spiro atoms. The number of hydrogen-bond acceptors (Lipinski definition) is 3. The summed E-state index contributed by atoms with van der Waals surface area (Å²) in [6.45, 7) is 5.65. The zero-order chi connectivity index (χ0) is 12.9. The molecule has 2 atom stereocenters. The molecule has 2 N–H and O–H groups in total. The van der Waals surface area contributed by atoms with Gasteiger partial charge in [-0.3, -0.25) is 4.79 Å². The predicted octanol–water partition coefficient (Wildman–Crippen LogP) is 1.89. The quantitative estimate of drug-likeness (QED) is 0.670. The van der Waals surface area contributed by atoms with Crippen molar-refractivity contribution in [1.29, 1.82) is 0 Å². The van der Waals surface area contributed by atoms with E-state index >= 15 is 0 Å². The average Bonchev–Trinajstić information content (AvgIpc) is 2.68. The predicted molar refractivity (Wildman–Crippen MR) is 67.0 cm³/mol. The first kappa shape index (κ1) is 14.5. The van der Waals surface area contributed by atoms with Crippen molar-refractivity contribution in [2.75, 3.05) is 20.3 Å². The van der Waals surface area contributed by atoms with Crippen LogP contribution in [0.15, 0.2) is 0 Å². The molecule has 1 aliphatic carbocycles. The van der Waals surface area contributed by atoms with Gasteiger partial charge in [0.2, 0.25) is 0 Å². The number of rotatable bonds is 7. The molecule has 1 fully saturated rings. The summed E-state index contributed by atoms with van der Waals surface area (Å²) in [5, 5.41) is 12.4. The van der Waals surface area contributed by atoms with Gasteiger partial charge in [-0.1, -0.05) is 20.3 Å². The maximum absolute atomic E-state index is 11.4. The number of carbonyl (C=O) groups is 1. The van der Waals surface area contributed by atoms with E-state index in [4.69, 9.17) is 4.74 Å². The number of hydrogen-bond donors (Lipinski definition) is 2. The molecule has 0 aliphatic heterocycles. The van der Waals surface area contributed by atoms with E-state index in [0.29, 0.717) is 12.5 Å². The molecule has 4 heteroatoms. The number of aliphatic carboxylic acids is 1. The third-order valence-electron chi connectivity index (χ3n) is 3.71. The van der Waals surface area contributed by atoms with Crippen LogP contribution in [0.1, 0.15) is 39.5 Å². The van der Waals surface area contributed by atoms with Crippen LogP contribution in [0.2, 0.25) is 0 Å². The van der Waals surface area contributed by atoms with E-state index < -0.39 is 11.5 Å². The molecule has 1 saturated carbocycles. The lowest BCUT2D eigenvalue weighted by molar-refractivity contribution is -0.146. The summed E-state index contributed by atoms with van der Waals surface area (Å²) >= 11 is 0. The Morgan fingerprint density at radius 2 is 2.29 bits per heavy atom. The monoisotopic (exact) mass is 243 g/mol. The van der Waals surface area contributed by atoms with Crippen LogP contribution in [0.5, 0.6) is 0 Å². The van der Waals surface area contributed by atoms with Gasteiger partial charge in [-0.25, -0.2) is 0 Å². The van der Waals surface area contributed by atoms with Crippen LogP contribution in [-0.4, -0.2) is 36.9 Å². The number of ether oxygens (including phenoxy) is 1. The first-order valence-corrected chi connectivity index (χ1v) is 6.53. The molecular formula is C13H25NO3. The fourth-order valence-corrected chi connectivity index (χ4v) is 2.73. The summed E-state index contributed by atoms with van der Waals surface area (Å²) in [5.41, 5.74) is -0.721. The minimum atomic E-state index is -0.721. The minimum absolute atomic E-state index is 0.192. The van der Waals surface area contributed by atoms with Crippen molar-refractivity contribution in [3.05, 3.63) is 0 Å². The molecule has 1 aliphatic rings. The van der Waals surface area contributed by atoms with E-state index in [0.717, 1.165) is 32.3 Å². The highest BCUT2D eigenvalue weighted by atomic mass is 16.5. The largest absolute Gasteiger partial charge is 0.480 e. The van der Waals surface area contributed by atoms with E-state index in [1.165, 1.54) is 0 Å². The molecule has 17 heavy (non-hydrogen) atoms. The topological polar surface area (TPSA) is 58.6 Å². The highest BCUT2D eigenvalue weighted by Crippen LogP contribution is 2.37. The summed E-state index contributed by atoms with van der Waals surface area (Å²) in [6.07, 6.45) is 3.54. The molecule has 1 rings (SSSR count). The highest BCUT2D eigenvalue weighted by molar-refractivity contribution is 5.79. The summed E-state index contributed by atoms with van der Waals surface area (Å²) in [6, 6.07) is 0. The second-order valence-corrected chi connectivity index (χ2v) is 5.37. The molecule has 0 bridgehead atoms. The van der Waals surface area contributed by atoms with Crippen molar-refractivity contribution in [3.8, 4) is 0 Å². The van der Waals surface area contributed by atoms with Crippen LogP contribution in [0.25, 0.3) is 0 Å². The second kappa shape index (κ2) is 6.36. The zero-order valence-electron chi connectivity index (χ0n) is 11.2. The molecule has 0 heterocycles. The molecule has 0 radical (unpaired) electrons. The van der Waals surface area contributed by atoms with Crippen LogP contribution >= 0.6 is 0 Å². The van der Waals surface area contributed by atoms with E-state index in [-0.39, 0.29) is 5.92 Å². The number of nitrogens with one attached hydrogen (secondary N) is 1. The van der Waals surface area contributed by atoms with Gasteiger partial charge in [0, 0.05) is 13.2 Å². The minimum Gasteiger partial charge on any atom is -0.480 e. The lowest BCUT2D eigenvalue weighted by atomic mass is 9.85. The first-order chi connectivity index (χ1) is 8.03. The summed E-state index contributed by atoms with van der Waals surface area (Å²) in [4.78, 5) is 11.4. The van der Waals surface area contributed by atoms with Gasteiger partial charge in [0.05, 0.1) is 0 Å². The normalized spacial score (nSPS) is 28.8. The van der Waals surface area contributed by atoms with Crippen LogP contribution in [0.3, 0.4) is 0 Å². The molecule has 100 valence electrons. The SMILES string of the molecule is CNC1(C(=O)O)CCCC1CCOCC(C)C. The van der Waals surface area contributed by atoms with E-state index in [1.54, 1.807) is 7.05 Å². The van der Waals surface area contributed by atoms with Gasteiger partial charge < -0.3 is 15.2 Å². The Hall–Kier alpha value is -0.610. The van der Waals surface area contributed by atoms with Gasteiger partial charge >= 0.3 is 5.97 Å². The van der Waals surface area contributed by atoms with Crippen LogP contribution in [0.4, 0.5) is 0 Å². The second-order valence-electron chi connectivity index (χ2n) is 5.37. The van der Waals surface area contributed by atoms with Gasteiger partial charge in [-0.15, -0.1) is 0 Å². The Morgan fingerprint density at radius 1 is 1.59 bits per heavy atom. The standard InChI is InChI=1S/C13H25NO3/c1-10(2)9-17-8-6-11-5-4-7-13(11,14-3)12(15)16/h10-11,14H,4-9H2,1-3H3,(H,15,16). The van der Waals surface area contributed by atoms with Crippen molar-refractivity contribution in [1.82, 2.24) is 5.32 Å². The molecule has 2 unspecified atom stereocenters. The van der Waals surface area contributed by atoms with E-state index in [1.807, 2.05) is 0 Å². The smallest absolute Gasteiger partial charge is 0.324 e. The third-order valence-corrected chi connectivity index (χ3v) is 3.71. The molecule has 0 aromatic rings. The van der Waals surface area contributed by atoms with Gasteiger partial charge in [-0.05, 0) is 38.1 Å². The van der Waals surface area contributed by atoms with E-state index in [2.05, 4.69) is 19.2 Å². The lowest BCUT2D eigenvalue weighted by Crippen LogP contribution is -2.53. The molecule has 0 aromatic carbocycles. The Bertz CT molecular complexity index is 255. The Labute approximate surface area is 104 Å². The Morgan fingerprint density at radius 3 is 2.82 bits per heavy atom. The molecular weight excluding hydrogens is 218 g/mol. The van der Waals surface area contributed by atoms with Gasteiger partial charge in [0.15, 0.2) is 0 Å². The average molecular weight is 243 g/mol. The first-order valence-electron chi connectivity index (χ1n) is 6.53. The number of likely N-dealkylation sites (N-methyl/N-ethyl adjacent to an activating group) is 1. The number of carboxylic acid groups (broad SMARTS) is 1. The summed E-state index contributed by atoms with van der Waals surface area (Å²) in [7, 11) is 1.75. The Kier molecular flexibility index (Phi) is 5.40. The Balaban J connectivity index is 2.43. The molecule has 0 amide bonds. The molecule has 0 aromatic heterocycles. The van der Waals surface area contributed by atoms with Crippen molar-refractivity contribution in [2.24, 2.45) is 11.8 Å². The summed E-state index contributed by atoms with van der Waals surface area (Å²) in [5.74, 6) is 0.00984. The lowest BCUT2D eigenvalue weighted by Gasteiger charge is -2.31. The van der Waals surface area contributed by atoms with Crippen LogP contribution in [-0.2, 0) is 9.53 Å². The van der Waals surface area contributed by atoms with Crippen LogP contribution < -0.4 is 5.32 Å². The highest BCUT2D eigenvalue weighted by Gasteiger charge is 2.47. The van der Waals surface area contributed by atoms with Crippen molar-refractivity contribution >= 4 is 5.97 Å². The van der Waals surface area contributed by atoms with Crippen LogP contribution in [0, 0.1) is 11.8 Å². The van der Waals surface area contributed by atoms with Gasteiger partial charge in [-0.2, -0.15) is 0 Å². The third kappa shape index (κ3) is 3.42. The van der Waals surface area contributed by atoms with Crippen molar-refractivity contribution in [3.63, 3.8) is 0 Å². The van der Waals surface area contributed by atoms with Crippen molar-refractivity contribution < 1.29 is 14.6 Å². The maximum atomic E-state index is 11.4. The molecule has 4 nitrogen and oxygen atoms in total. The van der Waals surface area contributed by atoms with Crippen molar-refractivity contribution in [2.45, 2.75) is 45.1 Å². The van der Waals surface area contributed by atoms with E-state index in [9.17, 15) is 9.90 Å². The maximum Gasteiger partial charge on any atom is 0.324 e. The fraction of sp³-hybridized carbons (Fsp3) is 0.923. The van der Waals surface area contributed by atoms with Gasteiger partial charge in [0.1, 0.15) is 5.54 Å². The van der Waals surface area contributed by atoms with Gasteiger partial charge in [0.25, 0.3) is 0 Å². The fourth-order valence-electron chi connectivity index (χ4n) is 2.73. The number of carboxylic acids is 1.